The smallest absolute Gasteiger partial charge is 0.246 e. The molecule has 3 saturated heterocycles. The Hall–Kier alpha value is -1.97. The highest BCUT2D eigenvalue weighted by Crippen LogP contribution is 2.54. The second-order valence-electron chi connectivity index (χ2n) is 12.7. The van der Waals surface area contributed by atoms with Crippen LogP contribution in [0.15, 0.2) is 41.8 Å². The number of thioether (sulfide) groups is 1. The van der Waals surface area contributed by atoms with Gasteiger partial charge in [-0.3, -0.25) is 20.3 Å². The fourth-order valence-electron chi connectivity index (χ4n) is 8.13. The van der Waals surface area contributed by atoms with Crippen LogP contribution in [0, 0.1) is 17.2 Å². The van der Waals surface area contributed by atoms with E-state index in [1.165, 1.54) is 29.4 Å². The molecule has 4 heterocycles. The van der Waals surface area contributed by atoms with Gasteiger partial charge in [0.1, 0.15) is 0 Å². The maximum atomic E-state index is 12.6. The molecule has 1 spiro atoms. The van der Waals surface area contributed by atoms with Crippen LogP contribution in [-0.2, 0) is 20.7 Å². The van der Waals surface area contributed by atoms with E-state index in [1.54, 1.807) is 0 Å². The van der Waals surface area contributed by atoms with Crippen molar-refractivity contribution in [2.24, 2.45) is 5.92 Å². The fraction of sp³-hybridized carbons (Fsp3) is 0.688. The van der Waals surface area contributed by atoms with E-state index in [4.69, 9.17) is 9.47 Å². The average molecular weight is 595 g/mol. The molecule has 8 atom stereocenters. The molecule has 1 aromatic rings. The Bertz CT molecular complexity index is 1180. The zero-order valence-electron chi connectivity index (χ0n) is 25.0. The van der Waals surface area contributed by atoms with Crippen LogP contribution in [0.1, 0.15) is 44.1 Å². The number of likely N-dealkylation sites (N-methyl/N-ethyl adjacent to an activating group) is 1. The predicted octanol–water partition coefficient (Wildman–Crippen LogP) is 2.78. The van der Waals surface area contributed by atoms with Gasteiger partial charge in [-0.05, 0) is 63.4 Å². The van der Waals surface area contributed by atoms with Gasteiger partial charge in [0.2, 0.25) is 5.91 Å². The number of rotatable bonds is 7. The zero-order chi connectivity index (χ0) is 29.3. The lowest BCUT2D eigenvalue weighted by Gasteiger charge is -2.57. The number of likely N-dealkylation sites (tertiary alicyclic amines) is 1. The van der Waals surface area contributed by atoms with E-state index >= 15 is 0 Å². The molecule has 1 aliphatic carbocycles. The van der Waals surface area contributed by atoms with Crippen LogP contribution in [0.25, 0.3) is 0 Å². The third kappa shape index (κ3) is 5.90. The topological polar surface area (TPSA) is 93.1 Å². The lowest BCUT2D eigenvalue weighted by molar-refractivity contribution is -0.136. The first kappa shape index (κ1) is 30.1. The van der Waals surface area contributed by atoms with Gasteiger partial charge in [-0.15, -0.1) is 11.8 Å². The number of piperazine rings is 1. The number of amides is 1. The van der Waals surface area contributed by atoms with E-state index in [1.807, 2.05) is 23.8 Å². The molecule has 6 rings (SSSR count). The molecule has 1 aromatic carbocycles. The molecule has 0 aromatic heterocycles. The van der Waals surface area contributed by atoms with Crippen molar-refractivity contribution in [3.8, 4) is 6.07 Å². The van der Waals surface area contributed by atoms with Gasteiger partial charge in [0.25, 0.3) is 0 Å². The Kier molecular flexibility index (Phi) is 9.27. The third-order valence-corrected chi connectivity index (χ3v) is 12.1. The van der Waals surface area contributed by atoms with Gasteiger partial charge in [0.15, 0.2) is 6.35 Å². The van der Waals surface area contributed by atoms with Crippen LogP contribution in [0.2, 0.25) is 0 Å². The van der Waals surface area contributed by atoms with Gasteiger partial charge >= 0.3 is 0 Å². The monoisotopic (exact) mass is 594 g/mol. The van der Waals surface area contributed by atoms with E-state index in [-0.39, 0.29) is 41.4 Å². The van der Waals surface area contributed by atoms with Crippen molar-refractivity contribution in [3.05, 3.63) is 42.5 Å². The van der Waals surface area contributed by atoms with Crippen molar-refractivity contribution in [1.29, 1.82) is 5.26 Å². The summed E-state index contributed by atoms with van der Waals surface area (Å²) in [5, 5.41) is 17.3. The molecule has 9 nitrogen and oxygen atoms in total. The van der Waals surface area contributed by atoms with Gasteiger partial charge in [0.05, 0.1) is 37.4 Å². The molecule has 10 heteroatoms. The van der Waals surface area contributed by atoms with E-state index in [9.17, 15) is 10.1 Å². The Morgan fingerprint density at radius 2 is 2.10 bits per heavy atom. The van der Waals surface area contributed by atoms with E-state index in [2.05, 4.69) is 64.4 Å². The second kappa shape index (κ2) is 12.9. The number of nitrogens with zero attached hydrogens (tertiary/aromatic N) is 4. The first-order valence-corrected chi connectivity index (χ1v) is 16.4. The molecule has 0 bridgehead atoms. The Morgan fingerprint density at radius 1 is 1.24 bits per heavy atom. The van der Waals surface area contributed by atoms with Gasteiger partial charge < -0.3 is 19.3 Å². The van der Waals surface area contributed by atoms with Crippen molar-refractivity contribution >= 4 is 17.7 Å². The number of nitriles is 1. The number of nitrogens with one attached hydrogen (secondary N) is 2. The summed E-state index contributed by atoms with van der Waals surface area (Å²) < 4.78 is 12.8. The van der Waals surface area contributed by atoms with Crippen molar-refractivity contribution in [1.82, 2.24) is 25.3 Å². The molecule has 0 radical (unpaired) electrons. The summed E-state index contributed by atoms with van der Waals surface area (Å²) in [4.78, 5) is 20.7. The highest BCUT2D eigenvalue weighted by Gasteiger charge is 2.53. The molecule has 2 N–H and O–H groups in total. The Labute approximate surface area is 254 Å². The maximum absolute atomic E-state index is 12.6. The van der Waals surface area contributed by atoms with Crippen LogP contribution < -0.4 is 10.6 Å². The fourth-order valence-corrected chi connectivity index (χ4v) is 9.80. The highest BCUT2D eigenvalue weighted by atomic mass is 32.2. The largest absolute Gasteiger partial charge is 0.380 e. The van der Waals surface area contributed by atoms with Crippen molar-refractivity contribution in [2.75, 3.05) is 46.9 Å². The number of carbonyl (C=O) groups excluding carboxylic acids is 1. The summed E-state index contributed by atoms with van der Waals surface area (Å²) >= 11 is 2.02. The molecule has 5 aliphatic rings. The van der Waals surface area contributed by atoms with Gasteiger partial charge in [-0.2, -0.15) is 5.26 Å². The summed E-state index contributed by atoms with van der Waals surface area (Å²) in [6, 6.07) is 11.7. The van der Waals surface area contributed by atoms with Gasteiger partial charge in [0, 0.05) is 60.8 Å². The highest BCUT2D eigenvalue weighted by molar-refractivity contribution is 8.00. The van der Waals surface area contributed by atoms with Crippen molar-refractivity contribution in [2.45, 2.75) is 91.3 Å². The molecular weight excluding hydrogens is 548 g/mol. The number of ether oxygens (including phenoxy) is 2. The van der Waals surface area contributed by atoms with Crippen LogP contribution in [0.5, 0.6) is 0 Å². The molecule has 1 saturated carbocycles. The lowest BCUT2D eigenvalue weighted by Crippen LogP contribution is -2.73. The molecular formula is C32H46N6O3S. The van der Waals surface area contributed by atoms with Crippen molar-refractivity contribution < 1.29 is 14.3 Å². The Morgan fingerprint density at radius 3 is 2.86 bits per heavy atom. The summed E-state index contributed by atoms with van der Waals surface area (Å²) in [6.45, 7) is 7.53. The van der Waals surface area contributed by atoms with E-state index in [0.717, 1.165) is 38.8 Å². The minimum Gasteiger partial charge on any atom is -0.380 e. The van der Waals surface area contributed by atoms with Crippen LogP contribution in [-0.4, -0.2) is 109 Å². The molecule has 228 valence electrons. The number of fused-ring (bicyclic) bond motifs is 2. The van der Waals surface area contributed by atoms with E-state index in [0.29, 0.717) is 38.1 Å². The molecule has 4 fully saturated rings. The van der Waals surface area contributed by atoms with Crippen LogP contribution >= 0.6 is 11.8 Å². The number of hydrogen-bond donors (Lipinski definition) is 2. The predicted molar refractivity (Wildman–Crippen MR) is 164 cm³/mol. The average Bonchev–Trinajstić information content (AvgIpc) is 3.43. The number of hydrogen-bond acceptors (Lipinski definition) is 9. The summed E-state index contributed by atoms with van der Waals surface area (Å²) in [7, 11) is 4.06. The number of benzene rings is 1. The number of carbonyl (C=O) groups is 1. The normalized spacial score (nSPS) is 37.2. The zero-order valence-corrected chi connectivity index (χ0v) is 25.9. The van der Waals surface area contributed by atoms with Crippen molar-refractivity contribution in [3.63, 3.8) is 0 Å². The third-order valence-electron chi connectivity index (χ3n) is 10.5. The molecule has 7 unspecified atom stereocenters. The SMILES string of the molecule is C=CC(=O)N1CCN(C2NC(OCC3CCCN3C)NC3C[C@@]4(CCC32)Sc2ccccc2CC4OC)CC1CC#N. The molecule has 1 amide bonds. The van der Waals surface area contributed by atoms with Crippen LogP contribution in [0.4, 0.5) is 0 Å². The van der Waals surface area contributed by atoms with E-state index < -0.39 is 0 Å². The Balaban J connectivity index is 1.24. The van der Waals surface area contributed by atoms with Crippen LogP contribution in [0.3, 0.4) is 0 Å². The lowest BCUT2D eigenvalue weighted by atomic mass is 9.71. The second-order valence-corrected chi connectivity index (χ2v) is 14.2. The first-order valence-electron chi connectivity index (χ1n) is 15.6. The van der Waals surface area contributed by atoms with Gasteiger partial charge in [-0.1, -0.05) is 24.8 Å². The quantitative estimate of drug-likeness (QED) is 0.463. The summed E-state index contributed by atoms with van der Waals surface area (Å²) in [6.07, 6.45) is 8.18. The first-order chi connectivity index (χ1) is 20.4. The van der Waals surface area contributed by atoms with Gasteiger partial charge in [-0.25, -0.2) is 0 Å². The molecule has 4 aliphatic heterocycles. The standard InChI is InChI=1S/C32H46N6O3S/c1-4-29(39)38-17-16-37(20-23(38)12-14-33)30-25-11-13-32(28(40-3)18-22-8-5-6-10-27(22)42-32)19-26(25)34-31(35-30)41-21-24-9-7-15-36(24)2/h4-6,8,10,23-26,28,30-31,34-35H,1,7,9,11-13,15-21H2,2-3H3/t23?,24?,25?,26?,28?,30?,31?,32-/m1/s1. The minimum absolute atomic E-state index is 0.00774. The molecule has 42 heavy (non-hydrogen) atoms. The number of methoxy groups -OCH3 is 1. The minimum atomic E-state index is -0.260. The summed E-state index contributed by atoms with van der Waals surface area (Å²) in [5.41, 5.74) is 1.38. The summed E-state index contributed by atoms with van der Waals surface area (Å²) in [5.74, 6) is 0.289. The maximum Gasteiger partial charge on any atom is 0.246 e.